The summed E-state index contributed by atoms with van der Waals surface area (Å²) in [4.78, 5) is 22.8. The molecule has 0 unspecified atom stereocenters. The lowest BCUT2D eigenvalue weighted by atomic mass is 10.1. The van der Waals surface area contributed by atoms with Crippen LogP contribution in [0.15, 0.2) is 0 Å². The van der Waals surface area contributed by atoms with E-state index in [2.05, 4.69) is 10.6 Å². The molecule has 1 amide bonds. The van der Waals surface area contributed by atoms with Gasteiger partial charge in [-0.1, -0.05) is 6.92 Å². The van der Waals surface area contributed by atoms with Gasteiger partial charge in [0, 0.05) is 6.54 Å². The minimum absolute atomic E-state index is 0.244. The summed E-state index contributed by atoms with van der Waals surface area (Å²) in [5, 5.41) is 5.77. The molecular weight excluding hydrogens is 260 g/mol. The van der Waals surface area contributed by atoms with Gasteiger partial charge in [-0.05, 0) is 46.6 Å². The van der Waals surface area contributed by atoms with Crippen LogP contribution in [0.3, 0.4) is 0 Å². The minimum Gasteiger partial charge on any atom is -0.468 e. The van der Waals surface area contributed by atoms with Crippen molar-refractivity contribution in [3.05, 3.63) is 0 Å². The highest BCUT2D eigenvalue weighted by Crippen LogP contribution is 2.07. The first-order chi connectivity index (χ1) is 9.30. The number of nitrogens with one attached hydrogen (secondary N) is 2. The summed E-state index contributed by atoms with van der Waals surface area (Å²) in [5.74, 6) is -0.244. The average molecular weight is 288 g/mol. The second-order valence-electron chi connectivity index (χ2n) is 5.56. The number of carbonyl (C=O) groups is 2. The smallest absolute Gasteiger partial charge is 0.407 e. The molecule has 0 aliphatic rings. The van der Waals surface area contributed by atoms with Gasteiger partial charge in [-0.3, -0.25) is 4.79 Å². The minimum atomic E-state index is -0.481. The lowest BCUT2D eigenvalue weighted by molar-refractivity contribution is -0.143. The Bertz CT molecular complexity index is 300. The zero-order valence-electron chi connectivity index (χ0n) is 13.2. The standard InChI is InChI=1S/C14H28N2O4/c1-6-15-11(12(17)19-5)9-7-8-10-16-13(18)20-14(2,3)4/h11,15H,6-10H2,1-5H3,(H,16,18)/t11-/m0/s1. The number of rotatable bonds is 8. The molecule has 0 bridgehead atoms. The van der Waals surface area contributed by atoms with E-state index in [9.17, 15) is 9.59 Å². The number of hydrogen-bond donors (Lipinski definition) is 2. The number of likely N-dealkylation sites (N-methyl/N-ethyl adjacent to an activating group) is 1. The van der Waals surface area contributed by atoms with E-state index in [0.29, 0.717) is 13.0 Å². The number of methoxy groups -OCH3 is 1. The Labute approximate surface area is 121 Å². The number of hydrogen-bond acceptors (Lipinski definition) is 5. The van der Waals surface area contributed by atoms with E-state index >= 15 is 0 Å². The molecule has 0 aromatic carbocycles. The molecule has 0 radical (unpaired) electrons. The number of ether oxygens (including phenoxy) is 2. The third-order valence-electron chi connectivity index (χ3n) is 2.52. The van der Waals surface area contributed by atoms with E-state index in [1.54, 1.807) is 0 Å². The summed E-state index contributed by atoms with van der Waals surface area (Å²) in [6.07, 6.45) is 1.89. The summed E-state index contributed by atoms with van der Waals surface area (Å²) >= 11 is 0. The van der Waals surface area contributed by atoms with Crippen molar-refractivity contribution in [2.75, 3.05) is 20.2 Å². The van der Waals surface area contributed by atoms with Crippen LogP contribution in [-0.2, 0) is 14.3 Å². The molecule has 0 aromatic rings. The molecule has 20 heavy (non-hydrogen) atoms. The molecule has 6 heteroatoms. The number of carbonyl (C=O) groups excluding carboxylic acids is 2. The Kier molecular flexibility index (Phi) is 8.96. The zero-order valence-corrected chi connectivity index (χ0v) is 13.2. The normalized spacial score (nSPS) is 12.7. The number of amides is 1. The molecule has 2 N–H and O–H groups in total. The molecule has 0 saturated heterocycles. The maximum Gasteiger partial charge on any atom is 0.407 e. The molecule has 0 aliphatic heterocycles. The number of unbranched alkanes of at least 4 members (excludes halogenated alkanes) is 1. The van der Waals surface area contributed by atoms with E-state index < -0.39 is 11.7 Å². The molecule has 0 spiro atoms. The van der Waals surface area contributed by atoms with Crippen molar-refractivity contribution < 1.29 is 19.1 Å². The van der Waals surface area contributed by atoms with Crippen LogP contribution in [-0.4, -0.2) is 43.9 Å². The van der Waals surface area contributed by atoms with Crippen molar-refractivity contribution in [2.24, 2.45) is 0 Å². The summed E-state index contributed by atoms with van der Waals surface area (Å²) in [6, 6.07) is -0.272. The molecule has 118 valence electrons. The number of esters is 1. The first-order valence-electron chi connectivity index (χ1n) is 7.08. The van der Waals surface area contributed by atoms with Gasteiger partial charge < -0.3 is 20.1 Å². The van der Waals surface area contributed by atoms with Crippen molar-refractivity contribution in [1.82, 2.24) is 10.6 Å². The Hall–Kier alpha value is -1.30. The van der Waals surface area contributed by atoms with E-state index in [4.69, 9.17) is 9.47 Å². The van der Waals surface area contributed by atoms with Gasteiger partial charge >= 0.3 is 12.1 Å². The Morgan fingerprint density at radius 2 is 1.85 bits per heavy atom. The van der Waals surface area contributed by atoms with E-state index in [-0.39, 0.29) is 12.0 Å². The maximum atomic E-state index is 11.5. The molecule has 0 rings (SSSR count). The highest BCUT2D eigenvalue weighted by Gasteiger charge is 2.17. The highest BCUT2D eigenvalue weighted by molar-refractivity contribution is 5.75. The monoisotopic (exact) mass is 288 g/mol. The SMILES string of the molecule is CCN[C@@H](CCCCNC(=O)OC(C)(C)C)C(=O)OC. The van der Waals surface area contributed by atoms with Crippen LogP contribution in [0.2, 0.25) is 0 Å². The lowest BCUT2D eigenvalue weighted by Gasteiger charge is -2.19. The zero-order chi connectivity index (χ0) is 15.6. The van der Waals surface area contributed by atoms with Gasteiger partial charge in [-0.15, -0.1) is 0 Å². The molecule has 0 saturated carbocycles. The molecule has 0 fully saturated rings. The predicted octanol–water partition coefficient (Wildman–Crippen LogP) is 1.83. The van der Waals surface area contributed by atoms with Gasteiger partial charge in [-0.2, -0.15) is 0 Å². The Morgan fingerprint density at radius 1 is 1.20 bits per heavy atom. The van der Waals surface area contributed by atoms with Crippen LogP contribution in [0.25, 0.3) is 0 Å². The second kappa shape index (κ2) is 9.58. The summed E-state index contributed by atoms with van der Waals surface area (Å²) in [7, 11) is 1.39. The topological polar surface area (TPSA) is 76.7 Å². The van der Waals surface area contributed by atoms with Crippen LogP contribution in [0.5, 0.6) is 0 Å². The van der Waals surface area contributed by atoms with Crippen molar-refractivity contribution >= 4 is 12.1 Å². The molecule has 0 heterocycles. The van der Waals surface area contributed by atoms with Gasteiger partial charge in [0.25, 0.3) is 0 Å². The second-order valence-corrected chi connectivity index (χ2v) is 5.56. The van der Waals surface area contributed by atoms with Gasteiger partial charge in [0.1, 0.15) is 11.6 Å². The summed E-state index contributed by atoms with van der Waals surface area (Å²) in [5.41, 5.74) is -0.481. The summed E-state index contributed by atoms with van der Waals surface area (Å²) in [6.45, 7) is 8.67. The van der Waals surface area contributed by atoms with Crippen LogP contribution < -0.4 is 10.6 Å². The molecule has 1 atom stereocenters. The Morgan fingerprint density at radius 3 is 2.35 bits per heavy atom. The maximum absolute atomic E-state index is 11.5. The average Bonchev–Trinajstić information content (AvgIpc) is 2.34. The number of alkyl carbamates (subject to hydrolysis) is 1. The largest absolute Gasteiger partial charge is 0.468 e. The van der Waals surface area contributed by atoms with Crippen LogP contribution in [0.4, 0.5) is 4.79 Å². The molecule has 0 aliphatic carbocycles. The van der Waals surface area contributed by atoms with Gasteiger partial charge in [-0.25, -0.2) is 4.79 Å². The van der Waals surface area contributed by atoms with Crippen molar-refractivity contribution in [2.45, 2.75) is 58.6 Å². The quantitative estimate of drug-likeness (QED) is 0.526. The molecule has 0 aromatic heterocycles. The first kappa shape index (κ1) is 18.7. The molecule has 6 nitrogen and oxygen atoms in total. The third-order valence-corrected chi connectivity index (χ3v) is 2.52. The lowest BCUT2D eigenvalue weighted by Crippen LogP contribution is -2.37. The first-order valence-corrected chi connectivity index (χ1v) is 7.08. The van der Waals surface area contributed by atoms with Crippen LogP contribution in [0, 0.1) is 0 Å². The van der Waals surface area contributed by atoms with Crippen LogP contribution >= 0.6 is 0 Å². The van der Waals surface area contributed by atoms with Gasteiger partial charge in [0.2, 0.25) is 0 Å². The summed E-state index contributed by atoms with van der Waals surface area (Å²) < 4.78 is 9.85. The molecular formula is C14H28N2O4. The van der Waals surface area contributed by atoms with Crippen molar-refractivity contribution in [1.29, 1.82) is 0 Å². The van der Waals surface area contributed by atoms with Gasteiger partial charge in [0.05, 0.1) is 7.11 Å². The highest BCUT2D eigenvalue weighted by atomic mass is 16.6. The fraction of sp³-hybridized carbons (Fsp3) is 0.857. The van der Waals surface area contributed by atoms with Crippen LogP contribution in [0.1, 0.15) is 47.0 Å². The van der Waals surface area contributed by atoms with E-state index in [1.807, 2.05) is 27.7 Å². The van der Waals surface area contributed by atoms with Crippen molar-refractivity contribution in [3.63, 3.8) is 0 Å². The predicted molar refractivity (Wildman–Crippen MR) is 77.6 cm³/mol. The fourth-order valence-corrected chi connectivity index (χ4v) is 1.67. The van der Waals surface area contributed by atoms with E-state index in [1.165, 1.54) is 7.11 Å². The Balaban J connectivity index is 3.79. The third kappa shape index (κ3) is 9.61. The van der Waals surface area contributed by atoms with Gasteiger partial charge in [0.15, 0.2) is 0 Å². The van der Waals surface area contributed by atoms with E-state index in [0.717, 1.165) is 19.4 Å². The fourth-order valence-electron chi connectivity index (χ4n) is 1.67. The van der Waals surface area contributed by atoms with Crippen molar-refractivity contribution in [3.8, 4) is 0 Å².